The van der Waals surface area contributed by atoms with Gasteiger partial charge in [-0.3, -0.25) is 14.4 Å². The molecule has 30 heavy (non-hydrogen) atoms. The molecule has 0 saturated carbocycles. The third-order valence-corrected chi connectivity index (χ3v) is 4.71. The minimum atomic E-state index is -0.955. The van der Waals surface area contributed by atoms with E-state index < -0.39 is 18.0 Å². The molecule has 0 saturated heterocycles. The lowest BCUT2D eigenvalue weighted by molar-refractivity contribution is -0.153. The molecule has 7 nitrogen and oxygen atoms in total. The van der Waals surface area contributed by atoms with Crippen LogP contribution in [0.2, 0.25) is 0 Å². The standard InChI is InChI=1S/C23H28N2O5/c1-4-17(18-8-6-5-7-9-18)14-24-22(27)16(2)30-21(26)15-25-23(28)19-10-12-20(29-3)13-11-19/h5-13,16-17H,4,14-15H2,1-3H3,(H,24,27)(H,25,28)/t16-,17-/m1/s1. The minimum Gasteiger partial charge on any atom is -0.497 e. The lowest BCUT2D eigenvalue weighted by Gasteiger charge is -2.18. The second-order valence-electron chi connectivity index (χ2n) is 6.80. The van der Waals surface area contributed by atoms with Crippen molar-refractivity contribution in [3.05, 3.63) is 65.7 Å². The predicted molar refractivity (Wildman–Crippen MR) is 113 cm³/mol. The second kappa shape index (κ2) is 11.6. The molecule has 0 aromatic heterocycles. The molecule has 2 aromatic carbocycles. The van der Waals surface area contributed by atoms with E-state index in [1.807, 2.05) is 30.3 Å². The van der Waals surface area contributed by atoms with Crippen molar-refractivity contribution >= 4 is 17.8 Å². The van der Waals surface area contributed by atoms with Crippen LogP contribution < -0.4 is 15.4 Å². The van der Waals surface area contributed by atoms with E-state index in [2.05, 4.69) is 17.6 Å². The zero-order valence-corrected chi connectivity index (χ0v) is 17.5. The fourth-order valence-electron chi connectivity index (χ4n) is 2.88. The first-order valence-electron chi connectivity index (χ1n) is 9.89. The van der Waals surface area contributed by atoms with Crippen LogP contribution in [-0.4, -0.2) is 44.1 Å². The summed E-state index contributed by atoms with van der Waals surface area (Å²) in [6, 6.07) is 16.4. The van der Waals surface area contributed by atoms with E-state index in [1.54, 1.807) is 24.3 Å². The van der Waals surface area contributed by atoms with Crippen LogP contribution in [0.3, 0.4) is 0 Å². The molecule has 0 heterocycles. The fourth-order valence-corrected chi connectivity index (χ4v) is 2.88. The van der Waals surface area contributed by atoms with Crippen molar-refractivity contribution in [1.29, 1.82) is 0 Å². The molecule has 160 valence electrons. The van der Waals surface area contributed by atoms with Crippen molar-refractivity contribution in [1.82, 2.24) is 10.6 Å². The molecule has 0 radical (unpaired) electrons. The van der Waals surface area contributed by atoms with Crippen LogP contribution in [-0.2, 0) is 14.3 Å². The number of nitrogens with one attached hydrogen (secondary N) is 2. The van der Waals surface area contributed by atoms with Gasteiger partial charge in [0.25, 0.3) is 11.8 Å². The highest BCUT2D eigenvalue weighted by atomic mass is 16.5. The molecule has 2 rings (SSSR count). The number of hydrogen-bond donors (Lipinski definition) is 2. The van der Waals surface area contributed by atoms with E-state index in [1.165, 1.54) is 14.0 Å². The van der Waals surface area contributed by atoms with Crippen molar-refractivity contribution < 1.29 is 23.9 Å². The zero-order valence-electron chi connectivity index (χ0n) is 17.5. The summed E-state index contributed by atoms with van der Waals surface area (Å²) in [6.45, 7) is 3.68. The molecule has 2 amide bonds. The van der Waals surface area contributed by atoms with Crippen LogP contribution >= 0.6 is 0 Å². The Balaban J connectivity index is 1.75. The van der Waals surface area contributed by atoms with Gasteiger partial charge in [0.1, 0.15) is 12.3 Å². The van der Waals surface area contributed by atoms with Gasteiger partial charge >= 0.3 is 5.97 Å². The lowest BCUT2D eigenvalue weighted by atomic mass is 9.96. The van der Waals surface area contributed by atoms with Crippen LogP contribution in [0.5, 0.6) is 5.75 Å². The number of rotatable bonds is 10. The summed E-state index contributed by atoms with van der Waals surface area (Å²) in [5.41, 5.74) is 1.53. The monoisotopic (exact) mass is 412 g/mol. The van der Waals surface area contributed by atoms with Gasteiger partial charge in [-0.25, -0.2) is 0 Å². The molecule has 0 bridgehead atoms. The number of benzene rings is 2. The topological polar surface area (TPSA) is 93.7 Å². The van der Waals surface area contributed by atoms with Gasteiger partial charge in [0.2, 0.25) is 0 Å². The number of carbonyl (C=O) groups excluding carboxylic acids is 3. The second-order valence-corrected chi connectivity index (χ2v) is 6.80. The Morgan fingerprint density at radius 3 is 2.23 bits per heavy atom. The first-order chi connectivity index (χ1) is 14.4. The molecule has 2 N–H and O–H groups in total. The number of carbonyl (C=O) groups is 3. The highest BCUT2D eigenvalue weighted by molar-refractivity contribution is 5.96. The molecule has 0 aliphatic heterocycles. The lowest BCUT2D eigenvalue weighted by Crippen LogP contribution is -2.40. The van der Waals surface area contributed by atoms with Crippen molar-refractivity contribution in [2.45, 2.75) is 32.3 Å². The van der Waals surface area contributed by atoms with E-state index in [9.17, 15) is 14.4 Å². The van der Waals surface area contributed by atoms with E-state index in [0.29, 0.717) is 17.9 Å². The Morgan fingerprint density at radius 2 is 1.63 bits per heavy atom. The maximum Gasteiger partial charge on any atom is 0.326 e. The SMILES string of the molecule is CC[C@H](CNC(=O)[C@@H](C)OC(=O)CNC(=O)c1ccc(OC)cc1)c1ccccc1. The van der Waals surface area contributed by atoms with E-state index >= 15 is 0 Å². The summed E-state index contributed by atoms with van der Waals surface area (Å²) in [6.07, 6.45) is -0.0841. The number of hydrogen-bond acceptors (Lipinski definition) is 5. The maximum atomic E-state index is 12.3. The van der Waals surface area contributed by atoms with Gasteiger partial charge in [0.15, 0.2) is 6.10 Å². The van der Waals surface area contributed by atoms with Crippen molar-refractivity contribution in [3.8, 4) is 5.75 Å². The zero-order chi connectivity index (χ0) is 21.9. The molecule has 0 aliphatic carbocycles. The summed E-state index contributed by atoms with van der Waals surface area (Å²) >= 11 is 0. The summed E-state index contributed by atoms with van der Waals surface area (Å²) in [5.74, 6) is -0.667. The smallest absolute Gasteiger partial charge is 0.326 e. The van der Waals surface area contributed by atoms with Gasteiger partial charge in [0.05, 0.1) is 7.11 Å². The van der Waals surface area contributed by atoms with Gasteiger partial charge in [0, 0.05) is 18.0 Å². The van der Waals surface area contributed by atoms with Crippen LogP contribution in [0, 0.1) is 0 Å². The van der Waals surface area contributed by atoms with Crippen LogP contribution in [0.25, 0.3) is 0 Å². The Kier molecular flexibility index (Phi) is 8.87. The minimum absolute atomic E-state index is 0.182. The summed E-state index contributed by atoms with van der Waals surface area (Å²) in [5, 5.41) is 5.30. The van der Waals surface area contributed by atoms with Crippen LogP contribution in [0.1, 0.15) is 42.1 Å². The van der Waals surface area contributed by atoms with Gasteiger partial charge < -0.3 is 20.1 Å². The van der Waals surface area contributed by atoms with Gasteiger partial charge in [-0.1, -0.05) is 37.3 Å². The van der Waals surface area contributed by atoms with Crippen molar-refractivity contribution in [3.63, 3.8) is 0 Å². The van der Waals surface area contributed by atoms with Crippen LogP contribution in [0.4, 0.5) is 0 Å². The summed E-state index contributed by atoms with van der Waals surface area (Å²) in [4.78, 5) is 36.3. The molecule has 7 heteroatoms. The van der Waals surface area contributed by atoms with Gasteiger partial charge in [-0.15, -0.1) is 0 Å². The number of ether oxygens (including phenoxy) is 2. The molecular weight excluding hydrogens is 384 g/mol. The average Bonchev–Trinajstić information content (AvgIpc) is 2.78. The highest BCUT2D eigenvalue weighted by Crippen LogP contribution is 2.18. The fraction of sp³-hybridized carbons (Fsp3) is 0.348. The number of methoxy groups -OCH3 is 1. The van der Waals surface area contributed by atoms with Gasteiger partial charge in [-0.05, 0) is 43.2 Å². The predicted octanol–water partition coefficient (Wildman–Crippen LogP) is 2.67. The Bertz CT molecular complexity index is 836. The first-order valence-corrected chi connectivity index (χ1v) is 9.89. The maximum absolute atomic E-state index is 12.3. The molecule has 2 aromatic rings. The normalized spacial score (nSPS) is 12.4. The van der Waals surface area contributed by atoms with Gasteiger partial charge in [-0.2, -0.15) is 0 Å². The molecule has 0 spiro atoms. The number of esters is 1. The largest absolute Gasteiger partial charge is 0.497 e. The van der Waals surface area contributed by atoms with Crippen LogP contribution in [0.15, 0.2) is 54.6 Å². The molecule has 0 fully saturated rings. The molecule has 2 atom stereocenters. The molecule has 0 aliphatic rings. The third kappa shape index (κ3) is 6.92. The average molecular weight is 412 g/mol. The Morgan fingerprint density at radius 1 is 0.967 bits per heavy atom. The highest BCUT2D eigenvalue weighted by Gasteiger charge is 2.19. The van der Waals surface area contributed by atoms with Crippen molar-refractivity contribution in [2.24, 2.45) is 0 Å². The van der Waals surface area contributed by atoms with E-state index in [-0.39, 0.29) is 18.4 Å². The third-order valence-electron chi connectivity index (χ3n) is 4.71. The van der Waals surface area contributed by atoms with E-state index in [4.69, 9.17) is 9.47 Å². The molecule has 0 unspecified atom stereocenters. The molecular formula is C23H28N2O5. The first kappa shape index (κ1) is 22.9. The Hall–Kier alpha value is -3.35. The van der Waals surface area contributed by atoms with Crippen molar-refractivity contribution in [2.75, 3.05) is 20.2 Å². The summed E-state index contributed by atoms with van der Waals surface area (Å²) in [7, 11) is 1.53. The quantitative estimate of drug-likeness (QED) is 0.585. The van der Waals surface area contributed by atoms with E-state index in [0.717, 1.165) is 12.0 Å². The Labute approximate surface area is 176 Å². The summed E-state index contributed by atoms with van der Waals surface area (Å²) < 4.78 is 10.2. The number of amides is 2.